The smallest absolute Gasteiger partial charge is 0.264 e. The van der Waals surface area contributed by atoms with Crippen LogP contribution in [0.4, 0.5) is 11.4 Å². The summed E-state index contributed by atoms with van der Waals surface area (Å²) in [4.78, 5) is 25.6. The molecule has 0 saturated heterocycles. The molecule has 0 aliphatic rings. The lowest BCUT2D eigenvalue weighted by atomic mass is 10.1. The molecule has 0 saturated carbocycles. The topological polar surface area (TPSA) is 117 Å². The highest BCUT2D eigenvalue weighted by molar-refractivity contribution is 7.92. The first-order chi connectivity index (χ1) is 20.1. The van der Waals surface area contributed by atoms with E-state index in [0.29, 0.717) is 27.5 Å². The lowest BCUT2D eigenvalue weighted by Crippen LogP contribution is -2.40. The molecular weight excluding hydrogens is 599 g/mol. The molecule has 0 atom stereocenters. The number of hydrazone groups is 1. The van der Waals surface area contributed by atoms with Crippen LogP contribution in [0.1, 0.15) is 22.8 Å². The number of carbonyl (C=O) groups is 2. The summed E-state index contributed by atoms with van der Waals surface area (Å²) in [6, 6.07) is 25.6. The Bertz CT molecular complexity index is 1750. The average molecular weight is 626 g/mol. The molecule has 0 bridgehead atoms. The van der Waals surface area contributed by atoms with E-state index < -0.39 is 22.5 Å². The summed E-state index contributed by atoms with van der Waals surface area (Å²) in [6.07, 6.45) is 0. The minimum Gasteiger partial charge on any atom is -0.495 e. The molecule has 2 amide bonds. The van der Waals surface area contributed by atoms with Crippen molar-refractivity contribution in [3.05, 3.63) is 118 Å². The van der Waals surface area contributed by atoms with E-state index in [4.69, 9.17) is 27.9 Å². The SMILES string of the molecule is COc1ccc(Cl)cc1N(CC(=O)N/N=C(/C)c1cccc(NC(=O)c2cccc(Cl)c2)c1)S(=O)(=O)c1ccccc1. The first-order valence-electron chi connectivity index (χ1n) is 12.5. The van der Waals surface area contributed by atoms with Crippen molar-refractivity contribution in [2.75, 3.05) is 23.3 Å². The molecule has 2 N–H and O–H groups in total. The molecule has 0 aliphatic heterocycles. The number of sulfonamides is 1. The van der Waals surface area contributed by atoms with Crippen LogP contribution in [0.5, 0.6) is 5.75 Å². The molecule has 0 aromatic heterocycles. The summed E-state index contributed by atoms with van der Waals surface area (Å²) in [5.74, 6) is -0.835. The summed E-state index contributed by atoms with van der Waals surface area (Å²) in [5, 5.41) is 7.66. The Morgan fingerprint density at radius 2 is 1.55 bits per heavy atom. The van der Waals surface area contributed by atoms with Crippen molar-refractivity contribution in [2.45, 2.75) is 11.8 Å². The predicted octanol–water partition coefficient (Wildman–Crippen LogP) is 5.99. The van der Waals surface area contributed by atoms with Gasteiger partial charge in [0.05, 0.1) is 23.4 Å². The Morgan fingerprint density at radius 1 is 0.857 bits per heavy atom. The van der Waals surface area contributed by atoms with Crippen LogP contribution < -0.4 is 19.8 Å². The molecule has 0 aliphatic carbocycles. The monoisotopic (exact) mass is 624 g/mol. The molecule has 4 aromatic rings. The predicted molar refractivity (Wildman–Crippen MR) is 165 cm³/mol. The first-order valence-corrected chi connectivity index (χ1v) is 14.7. The number of halogens is 2. The molecule has 0 fully saturated rings. The molecule has 0 unspecified atom stereocenters. The maximum atomic E-state index is 13.6. The van der Waals surface area contributed by atoms with Crippen molar-refractivity contribution in [2.24, 2.45) is 5.10 Å². The lowest BCUT2D eigenvalue weighted by molar-refractivity contribution is -0.119. The highest BCUT2D eigenvalue weighted by Crippen LogP contribution is 2.34. The quantitative estimate of drug-likeness (QED) is 0.166. The van der Waals surface area contributed by atoms with Crippen LogP contribution in [-0.4, -0.2) is 39.6 Å². The molecule has 216 valence electrons. The van der Waals surface area contributed by atoms with E-state index in [2.05, 4.69) is 15.8 Å². The summed E-state index contributed by atoms with van der Waals surface area (Å²) in [5.41, 5.74) is 4.44. The molecule has 42 heavy (non-hydrogen) atoms. The summed E-state index contributed by atoms with van der Waals surface area (Å²) >= 11 is 12.2. The lowest BCUT2D eigenvalue weighted by Gasteiger charge is -2.25. The van der Waals surface area contributed by atoms with E-state index in [-0.39, 0.29) is 27.3 Å². The van der Waals surface area contributed by atoms with Gasteiger partial charge in [0, 0.05) is 21.3 Å². The Morgan fingerprint density at radius 3 is 2.26 bits per heavy atom. The van der Waals surface area contributed by atoms with Gasteiger partial charge >= 0.3 is 0 Å². The van der Waals surface area contributed by atoms with E-state index in [1.165, 1.54) is 31.4 Å². The highest BCUT2D eigenvalue weighted by Gasteiger charge is 2.29. The van der Waals surface area contributed by atoms with E-state index in [9.17, 15) is 18.0 Å². The third-order valence-electron chi connectivity index (χ3n) is 6.00. The maximum absolute atomic E-state index is 13.6. The highest BCUT2D eigenvalue weighted by atomic mass is 35.5. The zero-order valence-electron chi connectivity index (χ0n) is 22.5. The van der Waals surface area contributed by atoms with Gasteiger partial charge in [-0.05, 0) is 73.2 Å². The number of methoxy groups -OCH3 is 1. The van der Waals surface area contributed by atoms with Crippen LogP contribution in [-0.2, 0) is 14.8 Å². The van der Waals surface area contributed by atoms with Crippen molar-refractivity contribution in [1.29, 1.82) is 0 Å². The number of anilines is 2. The van der Waals surface area contributed by atoms with Crippen LogP contribution in [0.25, 0.3) is 0 Å². The van der Waals surface area contributed by atoms with Gasteiger partial charge in [0.1, 0.15) is 12.3 Å². The van der Waals surface area contributed by atoms with Crippen molar-refractivity contribution < 1.29 is 22.7 Å². The van der Waals surface area contributed by atoms with Gasteiger partial charge < -0.3 is 10.1 Å². The van der Waals surface area contributed by atoms with Crippen molar-refractivity contribution in [1.82, 2.24) is 5.43 Å². The van der Waals surface area contributed by atoms with Gasteiger partial charge in [-0.2, -0.15) is 5.10 Å². The molecular formula is C30H26Cl2N4O5S. The number of benzene rings is 4. The van der Waals surface area contributed by atoms with E-state index >= 15 is 0 Å². The number of rotatable bonds is 10. The second-order valence-electron chi connectivity index (χ2n) is 8.92. The Kier molecular flexibility index (Phi) is 9.84. The summed E-state index contributed by atoms with van der Waals surface area (Å²) in [6.45, 7) is 1.05. The Hall–Kier alpha value is -4.38. The maximum Gasteiger partial charge on any atom is 0.264 e. The van der Waals surface area contributed by atoms with Gasteiger partial charge in [-0.3, -0.25) is 13.9 Å². The summed E-state index contributed by atoms with van der Waals surface area (Å²) in [7, 11) is -2.81. The molecule has 4 rings (SSSR count). The third-order valence-corrected chi connectivity index (χ3v) is 8.25. The minimum atomic E-state index is -4.20. The van der Waals surface area contributed by atoms with Crippen LogP contribution in [0.3, 0.4) is 0 Å². The van der Waals surface area contributed by atoms with E-state index in [1.54, 1.807) is 79.7 Å². The molecule has 0 heterocycles. The van der Waals surface area contributed by atoms with Crippen LogP contribution in [0.2, 0.25) is 10.0 Å². The molecule has 9 nitrogen and oxygen atoms in total. The van der Waals surface area contributed by atoms with Gasteiger partial charge in [-0.1, -0.05) is 59.6 Å². The fourth-order valence-corrected chi connectivity index (χ4v) is 5.71. The minimum absolute atomic E-state index is 0.0175. The second kappa shape index (κ2) is 13.5. The normalized spacial score (nSPS) is 11.5. The van der Waals surface area contributed by atoms with Crippen molar-refractivity contribution in [3.63, 3.8) is 0 Å². The van der Waals surface area contributed by atoms with Crippen LogP contribution in [0.15, 0.2) is 107 Å². The number of amides is 2. The Labute approximate surface area is 253 Å². The van der Waals surface area contributed by atoms with E-state index in [1.807, 2.05) is 0 Å². The number of carbonyl (C=O) groups excluding carboxylic acids is 2. The molecule has 4 aromatic carbocycles. The number of nitrogens with one attached hydrogen (secondary N) is 2. The number of ether oxygens (including phenoxy) is 1. The van der Waals surface area contributed by atoms with Gasteiger partial charge in [0.25, 0.3) is 21.8 Å². The van der Waals surface area contributed by atoms with Gasteiger partial charge in [-0.15, -0.1) is 0 Å². The largest absolute Gasteiger partial charge is 0.495 e. The van der Waals surface area contributed by atoms with Gasteiger partial charge in [0.15, 0.2) is 0 Å². The number of hydrogen-bond donors (Lipinski definition) is 2. The summed E-state index contributed by atoms with van der Waals surface area (Å²) < 4.78 is 33.5. The number of hydrogen-bond acceptors (Lipinski definition) is 6. The van der Waals surface area contributed by atoms with Gasteiger partial charge in [-0.25, -0.2) is 13.8 Å². The first kappa shape index (κ1) is 30.6. The zero-order valence-corrected chi connectivity index (χ0v) is 24.9. The average Bonchev–Trinajstić information content (AvgIpc) is 2.99. The van der Waals surface area contributed by atoms with Crippen molar-refractivity contribution in [3.8, 4) is 5.75 Å². The number of nitrogens with zero attached hydrogens (tertiary/aromatic N) is 2. The fourth-order valence-electron chi connectivity index (χ4n) is 3.91. The standard InChI is InChI=1S/C30H26Cl2N4O5S/c1-20(21-8-7-11-25(17-21)33-30(38)22-9-6-10-23(31)16-22)34-35-29(37)19-36(27-18-24(32)14-15-28(27)41-2)42(39,40)26-12-4-3-5-13-26/h3-18H,19H2,1-2H3,(H,33,38)(H,35,37)/b34-20-. The van der Waals surface area contributed by atoms with Gasteiger partial charge in [0.2, 0.25) is 0 Å². The van der Waals surface area contributed by atoms with Crippen LogP contribution in [0, 0.1) is 0 Å². The third kappa shape index (κ3) is 7.47. The molecule has 0 radical (unpaired) electrons. The Balaban J connectivity index is 1.54. The molecule has 12 heteroatoms. The molecule has 0 spiro atoms. The van der Waals surface area contributed by atoms with E-state index in [0.717, 1.165) is 4.31 Å². The van der Waals surface area contributed by atoms with Crippen molar-refractivity contribution >= 4 is 62.1 Å². The zero-order chi connectivity index (χ0) is 30.3. The van der Waals surface area contributed by atoms with Crippen LogP contribution >= 0.6 is 23.2 Å². The second-order valence-corrected chi connectivity index (χ2v) is 11.7. The fraction of sp³-hybridized carbons (Fsp3) is 0.100.